The molecule has 0 saturated heterocycles. The minimum absolute atomic E-state index is 0.0184. The monoisotopic (exact) mass is 213 g/mol. The summed E-state index contributed by atoms with van der Waals surface area (Å²) in [6.07, 6.45) is 0.156. The van der Waals surface area contributed by atoms with E-state index in [2.05, 4.69) is 0 Å². The van der Waals surface area contributed by atoms with Crippen LogP contribution in [0.4, 0.5) is 8.78 Å². The Morgan fingerprint density at radius 2 is 1.87 bits per heavy atom. The molecule has 1 rings (SSSR count). The lowest BCUT2D eigenvalue weighted by Crippen LogP contribution is -2.30. The quantitative estimate of drug-likeness (QED) is 0.830. The number of ketones is 1. The lowest BCUT2D eigenvalue weighted by Gasteiger charge is -2.09. The highest BCUT2D eigenvalue weighted by atomic mass is 19.1. The third kappa shape index (κ3) is 2.83. The SMILES string of the molecule is CC(=O)[C@@H](N)Cc1cc(F)c(C)c(F)c1. The minimum atomic E-state index is -0.702. The number of carbonyl (C=O) groups excluding carboxylic acids is 1. The van der Waals surface area contributed by atoms with Gasteiger partial charge in [0.05, 0.1) is 6.04 Å². The third-order valence-electron chi connectivity index (χ3n) is 2.32. The van der Waals surface area contributed by atoms with E-state index in [1.54, 1.807) is 0 Å². The lowest BCUT2D eigenvalue weighted by atomic mass is 10.0. The van der Waals surface area contributed by atoms with Crippen molar-refractivity contribution in [2.75, 3.05) is 0 Å². The molecule has 1 aromatic carbocycles. The molecule has 0 saturated carbocycles. The lowest BCUT2D eigenvalue weighted by molar-refractivity contribution is -0.118. The number of halogens is 2. The molecule has 1 atom stereocenters. The van der Waals surface area contributed by atoms with Crippen LogP contribution >= 0.6 is 0 Å². The average molecular weight is 213 g/mol. The van der Waals surface area contributed by atoms with E-state index in [-0.39, 0.29) is 17.8 Å². The second-order valence-corrected chi connectivity index (χ2v) is 3.61. The molecule has 0 aliphatic rings. The molecule has 0 unspecified atom stereocenters. The van der Waals surface area contributed by atoms with Crippen LogP contribution in [0.5, 0.6) is 0 Å². The van der Waals surface area contributed by atoms with Crippen LogP contribution in [0.3, 0.4) is 0 Å². The van der Waals surface area contributed by atoms with Crippen LogP contribution in [-0.2, 0) is 11.2 Å². The van der Waals surface area contributed by atoms with Gasteiger partial charge in [-0.3, -0.25) is 4.79 Å². The minimum Gasteiger partial charge on any atom is -0.321 e. The van der Waals surface area contributed by atoms with Crippen LogP contribution in [0, 0.1) is 18.6 Å². The molecule has 0 aromatic heterocycles. The first-order valence-corrected chi connectivity index (χ1v) is 4.62. The van der Waals surface area contributed by atoms with Gasteiger partial charge in [-0.25, -0.2) is 8.78 Å². The van der Waals surface area contributed by atoms with Gasteiger partial charge in [-0.1, -0.05) is 0 Å². The maximum Gasteiger partial charge on any atom is 0.146 e. The van der Waals surface area contributed by atoms with Crippen molar-refractivity contribution in [2.45, 2.75) is 26.3 Å². The van der Waals surface area contributed by atoms with E-state index in [9.17, 15) is 13.6 Å². The van der Waals surface area contributed by atoms with Crippen molar-refractivity contribution in [3.8, 4) is 0 Å². The highest BCUT2D eigenvalue weighted by Crippen LogP contribution is 2.15. The number of nitrogens with two attached hydrogens (primary N) is 1. The second kappa shape index (κ2) is 4.49. The second-order valence-electron chi connectivity index (χ2n) is 3.61. The van der Waals surface area contributed by atoms with E-state index in [0.717, 1.165) is 0 Å². The fraction of sp³-hybridized carbons (Fsp3) is 0.364. The van der Waals surface area contributed by atoms with Crippen molar-refractivity contribution in [3.05, 3.63) is 34.9 Å². The van der Waals surface area contributed by atoms with Gasteiger partial charge in [-0.05, 0) is 38.0 Å². The summed E-state index contributed by atoms with van der Waals surface area (Å²) in [5, 5.41) is 0. The van der Waals surface area contributed by atoms with Gasteiger partial charge in [0.15, 0.2) is 0 Å². The zero-order valence-electron chi connectivity index (χ0n) is 8.68. The molecule has 0 radical (unpaired) electrons. The van der Waals surface area contributed by atoms with Gasteiger partial charge in [0.25, 0.3) is 0 Å². The maximum absolute atomic E-state index is 13.1. The summed E-state index contributed by atoms with van der Waals surface area (Å²) >= 11 is 0. The summed E-state index contributed by atoms with van der Waals surface area (Å²) < 4.78 is 26.3. The molecule has 82 valence electrons. The van der Waals surface area contributed by atoms with E-state index < -0.39 is 17.7 Å². The fourth-order valence-electron chi connectivity index (χ4n) is 1.21. The van der Waals surface area contributed by atoms with Crippen LogP contribution in [-0.4, -0.2) is 11.8 Å². The van der Waals surface area contributed by atoms with E-state index in [0.29, 0.717) is 5.56 Å². The van der Waals surface area contributed by atoms with E-state index in [1.165, 1.54) is 26.0 Å². The largest absolute Gasteiger partial charge is 0.321 e. The first-order valence-electron chi connectivity index (χ1n) is 4.62. The Hall–Kier alpha value is -1.29. The molecule has 0 fully saturated rings. The number of Topliss-reactive ketones (excluding diaryl/α,β-unsaturated/α-hetero) is 1. The predicted molar refractivity (Wildman–Crippen MR) is 53.5 cm³/mol. The Morgan fingerprint density at radius 3 is 2.27 bits per heavy atom. The van der Waals surface area contributed by atoms with Crippen LogP contribution in [0.25, 0.3) is 0 Å². The Labute approximate surface area is 87.1 Å². The Bertz CT molecular complexity index is 367. The standard InChI is InChI=1S/C11H13F2NO/c1-6-9(12)3-8(4-10(6)13)5-11(14)7(2)15/h3-4,11H,5,14H2,1-2H3/t11-/m0/s1. The summed E-state index contributed by atoms with van der Waals surface area (Å²) in [6, 6.07) is 1.72. The predicted octanol–water partition coefficient (Wildman–Crippen LogP) is 1.73. The van der Waals surface area contributed by atoms with Crippen LogP contribution in [0.2, 0.25) is 0 Å². The van der Waals surface area contributed by atoms with Gasteiger partial charge in [-0.15, -0.1) is 0 Å². The molecule has 0 aliphatic carbocycles. The van der Waals surface area contributed by atoms with Gasteiger partial charge in [0, 0.05) is 5.56 Å². The molecule has 0 amide bonds. The van der Waals surface area contributed by atoms with Crippen molar-refractivity contribution < 1.29 is 13.6 Å². The number of hydrogen-bond donors (Lipinski definition) is 1. The van der Waals surface area contributed by atoms with Crippen molar-refractivity contribution >= 4 is 5.78 Å². The highest BCUT2D eigenvalue weighted by Gasteiger charge is 2.12. The van der Waals surface area contributed by atoms with Crippen molar-refractivity contribution in [2.24, 2.45) is 5.73 Å². The van der Waals surface area contributed by atoms with E-state index in [4.69, 9.17) is 5.73 Å². The normalized spacial score (nSPS) is 12.6. The van der Waals surface area contributed by atoms with Crippen molar-refractivity contribution in [1.29, 1.82) is 0 Å². The average Bonchev–Trinajstić information content (AvgIpc) is 2.13. The Morgan fingerprint density at radius 1 is 1.40 bits per heavy atom. The zero-order chi connectivity index (χ0) is 11.6. The highest BCUT2D eigenvalue weighted by molar-refractivity contribution is 5.81. The summed E-state index contributed by atoms with van der Waals surface area (Å²) in [5.41, 5.74) is 5.88. The topological polar surface area (TPSA) is 43.1 Å². The smallest absolute Gasteiger partial charge is 0.146 e. The molecule has 4 heteroatoms. The first-order chi connectivity index (χ1) is 6.91. The van der Waals surface area contributed by atoms with Gasteiger partial charge in [-0.2, -0.15) is 0 Å². The molecule has 0 spiro atoms. The number of hydrogen-bond acceptors (Lipinski definition) is 2. The Kier molecular flexibility index (Phi) is 3.52. The van der Waals surface area contributed by atoms with Crippen LogP contribution in [0.1, 0.15) is 18.1 Å². The number of carbonyl (C=O) groups is 1. The fourth-order valence-corrected chi connectivity index (χ4v) is 1.21. The molecule has 0 aliphatic heterocycles. The number of rotatable bonds is 3. The molecule has 1 aromatic rings. The van der Waals surface area contributed by atoms with Gasteiger partial charge in [0.1, 0.15) is 17.4 Å². The first kappa shape index (κ1) is 11.8. The van der Waals surface area contributed by atoms with Gasteiger partial charge >= 0.3 is 0 Å². The van der Waals surface area contributed by atoms with Gasteiger partial charge in [0.2, 0.25) is 0 Å². The molecular weight excluding hydrogens is 200 g/mol. The molecular formula is C11H13F2NO. The summed E-state index contributed by atoms with van der Waals surface area (Å²) in [5.74, 6) is -1.42. The zero-order valence-corrected chi connectivity index (χ0v) is 8.68. The molecule has 15 heavy (non-hydrogen) atoms. The maximum atomic E-state index is 13.1. The summed E-state index contributed by atoms with van der Waals surface area (Å²) in [4.78, 5) is 10.9. The van der Waals surface area contributed by atoms with Crippen molar-refractivity contribution in [1.82, 2.24) is 0 Å². The summed E-state index contributed by atoms with van der Waals surface area (Å²) in [6.45, 7) is 2.71. The molecule has 2 nitrogen and oxygen atoms in total. The molecule has 0 bridgehead atoms. The van der Waals surface area contributed by atoms with Crippen LogP contribution in [0.15, 0.2) is 12.1 Å². The molecule has 2 N–H and O–H groups in total. The van der Waals surface area contributed by atoms with E-state index in [1.807, 2.05) is 0 Å². The van der Waals surface area contributed by atoms with Crippen molar-refractivity contribution in [3.63, 3.8) is 0 Å². The van der Waals surface area contributed by atoms with E-state index >= 15 is 0 Å². The third-order valence-corrected chi connectivity index (χ3v) is 2.32. The van der Waals surface area contributed by atoms with Crippen LogP contribution < -0.4 is 5.73 Å². The summed E-state index contributed by atoms with van der Waals surface area (Å²) in [7, 11) is 0. The number of benzene rings is 1. The molecule has 0 heterocycles. The Balaban J connectivity index is 2.92. The van der Waals surface area contributed by atoms with Gasteiger partial charge < -0.3 is 5.73 Å².